The van der Waals surface area contributed by atoms with Gasteiger partial charge in [-0.1, -0.05) is 12.1 Å². The van der Waals surface area contributed by atoms with Crippen LogP contribution in [0.2, 0.25) is 0 Å². The smallest absolute Gasteiger partial charge is 0.278 e. The molecule has 0 radical (unpaired) electrons. The fourth-order valence-corrected chi connectivity index (χ4v) is 3.52. The van der Waals surface area contributed by atoms with E-state index in [-0.39, 0.29) is 11.8 Å². The molecule has 6 nitrogen and oxygen atoms in total. The SMILES string of the molecule is CCN1C(=O)c2c(-c3ccc(OC)cc3)cc3nc(C)c(C)n3c2C1=O. The summed E-state index contributed by atoms with van der Waals surface area (Å²) in [5.41, 5.74) is 4.79. The van der Waals surface area contributed by atoms with Crippen LogP contribution in [-0.4, -0.2) is 39.8 Å². The fourth-order valence-electron chi connectivity index (χ4n) is 3.52. The first kappa shape index (κ1) is 16.3. The Hall–Kier alpha value is -3.15. The molecule has 2 amide bonds. The van der Waals surface area contributed by atoms with Crippen molar-refractivity contribution < 1.29 is 14.3 Å². The van der Waals surface area contributed by atoms with Gasteiger partial charge in [0.1, 0.15) is 17.1 Å². The van der Waals surface area contributed by atoms with E-state index >= 15 is 0 Å². The molecule has 6 heteroatoms. The van der Waals surface area contributed by atoms with Crippen LogP contribution in [0.25, 0.3) is 16.8 Å². The average molecular weight is 349 g/mol. The number of fused-ring (bicyclic) bond motifs is 3. The Morgan fingerprint density at radius 3 is 2.38 bits per heavy atom. The third-order valence-electron chi connectivity index (χ3n) is 5.00. The molecule has 0 spiro atoms. The zero-order chi connectivity index (χ0) is 18.6. The number of pyridine rings is 1. The van der Waals surface area contributed by atoms with Crippen molar-refractivity contribution in [1.29, 1.82) is 0 Å². The van der Waals surface area contributed by atoms with Gasteiger partial charge in [-0.05, 0) is 44.5 Å². The van der Waals surface area contributed by atoms with Gasteiger partial charge in [0, 0.05) is 17.8 Å². The van der Waals surface area contributed by atoms with Crippen LogP contribution >= 0.6 is 0 Å². The summed E-state index contributed by atoms with van der Waals surface area (Å²) in [6, 6.07) is 9.34. The van der Waals surface area contributed by atoms with Gasteiger partial charge in [0.25, 0.3) is 11.8 Å². The lowest BCUT2D eigenvalue weighted by Crippen LogP contribution is -2.29. The topological polar surface area (TPSA) is 63.9 Å². The Labute approximate surface area is 151 Å². The van der Waals surface area contributed by atoms with E-state index in [1.807, 2.05) is 44.2 Å². The lowest BCUT2D eigenvalue weighted by molar-refractivity contribution is 0.0660. The Morgan fingerprint density at radius 1 is 1.08 bits per heavy atom. The van der Waals surface area contributed by atoms with Gasteiger partial charge in [-0.2, -0.15) is 0 Å². The molecule has 0 N–H and O–H groups in total. The molecule has 3 aromatic rings. The summed E-state index contributed by atoms with van der Waals surface area (Å²) in [5, 5.41) is 0. The maximum atomic E-state index is 13.0. The zero-order valence-corrected chi connectivity index (χ0v) is 15.2. The van der Waals surface area contributed by atoms with Gasteiger partial charge in [0.05, 0.1) is 18.4 Å². The molecule has 2 aromatic heterocycles. The minimum atomic E-state index is -0.270. The number of benzene rings is 1. The summed E-state index contributed by atoms with van der Waals surface area (Å²) in [4.78, 5) is 31.8. The van der Waals surface area contributed by atoms with Crippen molar-refractivity contribution in [2.45, 2.75) is 20.8 Å². The number of carbonyl (C=O) groups is 2. The van der Waals surface area contributed by atoms with Crippen molar-refractivity contribution >= 4 is 17.5 Å². The summed E-state index contributed by atoms with van der Waals surface area (Å²) >= 11 is 0. The highest BCUT2D eigenvalue weighted by Crippen LogP contribution is 2.35. The van der Waals surface area contributed by atoms with Gasteiger partial charge < -0.3 is 4.74 Å². The number of carbonyl (C=O) groups excluding carboxylic acids is 2. The molecule has 4 rings (SSSR count). The Balaban J connectivity index is 2.08. The maximum Gasteiger partial charge on any atom is 0.278 e. The number of aromatic nitrogens is 2. The van der Waals surface area contributed by atoms with Crippen LogP contribution in [0.3, 0.4) is 0 Å². The van der Waals surface area contributed by atoms with E-state index in [1.54, 1.807) is 18.4 Å². The molecule has 0 unspecified atom stereocenters. The average Bonchev–Trinajstić information content (AvgIpc) is 3.07. The Kier molecular flexibility index (Phi) is 3.57. The number of hydrogen-bond donors (Lipinski definition) is 0. The van der Waals surface area contributed by atoms with Crippen LogP contribution in [0.5, 0.6) is 5.75 Å². The summed E-state index contributed by atoms with van der Waals surface area (Å²) in [6.45, 7) is 5.95. The second-order valence-corrected chi connectivity index (χ2v) is 6.34. The van der Waals surface area contributed by atoms with Crippen molar-refractivity contribution in [3.8, 4) is 16.9 Å². The number of imide groups is 1. The Bertz CT molecular complexity index is 1060. The molecule has 26 heavy (non-hydrogen) atoms. The molecular formula is C20H19N3O3. The van der Waals surface area contributed by atoms with Crippen molar-refractivity contribution in [1.82, 2.24) is 14.3 Å². The molecule has 132 valence electrons. The van der Waals surface area contributed by atoms with Gasteiger partial charge in [-0.3, -0.25) is 18.9 Å². The highest BCUT2D eigenvalue weighted by molar-refractivity contribution is 6.23. The number of aryl methyl sites for hydroxylation is 2. The van der Waals surface area contributed by atoms with Gasteiger partial charge >= 0.3 is 0 Å². The highest BCUT2D eigenvalue weighted by atomic mass is 16.5. The normalized spacial score (nSPS) is 13.6. The predicted octanol–water partition coefficient (Wildman–Crippen LogP) is 3.24. The van der Waals surface area contributed by atoms with Gasteiger partial charge in [-0.15, -0.1) is 0 Å². The van der Waals surface area contributed by atoms with Crippen LogP contribution in [0.4, 0.5) is 0 Å². The minimum Gasteiger partial charge on any atom is -0.497 e. The summed E-state index contributed by atoms with van der Waals surface area (Å²) < 4.78 is 7.01. The van der Waals surface area contributed by atoms with E-state index in [9.17, 15) is 9.59 Å². The molecule has 1 aromatic carbocycles. The number of methoxy groups -OCH3 is 1. The van der Waals surface area contributed by atoms with Crippen LogP contribution in [0.15, 0.2) is 30.3 Å². The van der Waals surface area contributed by atoms with Crippen molar-refractivity contribution in [2.75, 3.05) is 13.7 Å². The number of nitrogens with zero attached hydrogens (tertiary/aromatic N) is 3. The quantitative estimate of drug-likeness (QED) is 0.681. The van der Waals surface area contributed by atoms with Gasteiger partial charge in [-0.25, -0.2) is 4.98 Å². The molecule has 1 aliphatic heterocycles. The van der Waals surface area contributed by atoms with E-state index in [1.165, 1.54) is 4.90 Å². The molecule has 0 aliphatic carbocycles. The van der Waals surface area contributed by atoms with Crippen molar-refractivity contribution in [2.24, 2.45) is 0 Å². The monoisotopic (exact) mass is 349 g/mol. The van der Waals surface area contributed by atoms with Gasteiger partial charge in [0.15, 0.2) is 0 Å². The maximum absolute atomic E-state index is 13.0. The third kappa shape index (κ3) is 2.08. The molecule has 3 heterocycles. The number of rotatable bonds is 3. The number of ether oxygens (including phenoxy) is 1. The van der Waals surface area contributed by atoms with Crippen LogP contribution in [-0.2, 0) is 0 Å². The molecule has 0 bridgehead atoms. The van der Waals surface area contributed by atoms with E-state index in [0.29, 0.717) is 23.4 Å². The lowest BCUT2D eigenvalue weighted by Gasteiger charge is -2.10. The first-order valence-corrected chi connectivity index (χ1v) is 8.51. The molecule has 0 fully saturated rings. The van der Waals surface area contributed by atoms with Crippen molar-refractivity contribution in [3.63, 3.8) is 0 Å². The molecular weight excluding hydrogens is 330 g/mol. The van der Waals surface area contributed by atoms with E-state index < -0.39 is 0 Å². The van der Waals surface area contributed by atoms with Crippen molar-refractivity contribution in [3.05, 3.63) is 53.0 Å². The van der Waals surface area contributed by atoms with E-state index in [2.05, 4.69) is 4.98 Å². The number of amides is 2. The third-order valence-corrected chi connectivity index (χ3v) is 5.00. The van der Waals surface area contributed by atoms with Crippen LogP contribution in [0.1, 0.15) is 39.2 Å². The first-order valence-electron chi connectivity index (χ1n) is 8.51. The predicted molar refractivity (Wildman–Crippen MR) is 97.7 cm³/mol. The van der Waals surface area contributed by atoms with E-state index in [0.717, 1.165) is 28.3 Å². The van der Waals surface area contributed by atoms with Crippen LogP contribution < -0.4 is 4.74 Å². The van der Waals surface area contributed by atoms with Crippen LogP contribution in [0, 0.1) is 13.8 Å². The fraction of sp³-hybridized carbons (Fsp3) is 0.250. The zero-order valence-electron chi connectivity index (χ0n) is 15.2. The minimum absolute atomic E-state index is 0.258. The molecule has 0 saturated heterocycles. The largest absolute Gasteiger partial charge is 0.497 e. The highest BCUT2D eigenvalue weighted by Gasteiger charge is 2.39. The second kappa shape index (κ2) is 5.69. The standard InChI is InChI=1S/C20H19N3O3/c1-5-22-19(24)17-15(13-6-8-14(26-4)9-7-13)10-16-21-11(2)12(3)23(16)18(17)20(22)25/h6-10H,5H2,1-4H3. The second-order valence-electron chi connectivity index (χ2n) is 6.34. The van der Waals surface area contributed by atoms with E-state index in [4.69, 9.17) is 4.74 Å². The Morgan fingerprint density at radius 2 is 1.77 bits per heavy atom. The number of imidazole rings is 1. The lowest BCUT2D eigenvalue weighted by atomic mass is 9.99. The molecule has 1 aliphatic rings. The van der Waals surface area contributed by atoms with Gasteiger partial charge in [0.2, 0.25) is 0 Å². The molecule has 0 atom stereocenters. The summed E-state index contributed by atoms with van der Waals surface area (Å²) in [7, 11) is 1.61. The molecule has 0 saturated carbocycles. The summed E-state index contributed by atoms with van der Waals surface area (Å²) in [5.74, 6) is 0.205. The first-order chi connectivity index (χ1) is 12.5. The summed E-state index contributed by atoms with van der Waals surface area (Å²) in [6.07, 6.45) is 0. The number of hydrogen-bond acceptors (Lipinski definition) is 4.